The van der Waals surface area contributed by atoms with Crippen molar-refractivity contribution < 1.29 is 9.53 Å². The molecule has 0 N–H and O–H groups in total. The van der Waals surface area contributed by atoms with Crippen molar-refractivity contribution >= 4 is 12.3 Å². The fraction of sp³-hybridized carbons (Fsp3) is 0.857. The van der Waals surface area contributed by atoms with Crippen molar-refractivity contribution in [1.29, 1.82) is 0 Å². The highest BCUT2D eigenvalue weighted by atomic mass is 16.5. The summed E-state index contributed by atoms with van der Waals surface area (Å²) in [5.74, 6) is 0. The first-order valence-corrected chi connectivity index (χ1v) is 7.24. The van der Waals surface area contributed by atoms with E-state index in [0.717, 1.165) is 64.8 Å². The Kier molecular flexibility index (Phi) is 5.70. The third kappa shape index (κ3) is 4.53. The van der Waals surface area contributed by atoms with E-state index in [1.165, 1.54) is 6.42 Å². The van der Waals surface area contributed by atoms with Crippen molar-refractivity contribution in [3.63, 3.8) is 0 Å². The molecule has 0 atom stereocenters. The number of ether oxygens (including phenoxy) is 1. The monoisotopic (exact) mass is 265 g/mol. The average molecular weight is 265 g/mol. The van der Waals surface area contributed by atoms with Crippen molar-refractivity contribution in [1.82, 2.24) is 4.90 Å². The number of hydrogen-bond acceptors (Lipinski definition) is 5. The highest BCUT2D eigenvalue weighted by molar-refractivity contribution is 5.67. The molecule has 0 radical (unpaired) electrons. The third-order valence-electron chi connectivity index (χ3n) is 3.91. The molecule has 2 aliphatic rings. The molecule has 0 spiro atoms. The lowest BCUT2D eigenvalue weighted by molar-refractivity contribution is -0.113. The molecule has 2 fully saturated rings. The Balaban J connectivity index is 1.76. The standard InChI is InChI=1S/C14H23N3O2/c18-12-14(4-2-1-3-5-14)16-13-15-6-7-17-8-10-19-11-9-17/h12H,1-11H2. The van der Waals surface area contributed by atoms with Crippen molar-refractivity contribution in [2.24, 2.45) is 9.98 Å². The van der Waals surface area contributed by atoms with Crippen LogP contribution in [0.1, 0.15) is 32.1 Å². The minimum absolute atomic E-state index is 0.527. The van der Waals surface area contributed by atoms with Gasteiger partial charge in [0, 0.05) is 19.6 Å². The smallest absolute Gasteiger partial charge is 0.148 e. The summed E-state index contributed by atoms with van der Waals surface area (Å²) in [5, 5.41) is 0. The van der Waals surface area contributed by atoms with Gasteiger partial charge in [0.1, 0.15) is 11.8 Å². The molecule has 2 rings (SSSR count). The van der Waals surface area contributed by atoms with E-state index in [1.807, 2.05) is 0 Å². The van der Waals surface area contributed by atoms with Crippen LogP contribution in [-0.4, -0.2) is 62.1 Å². The Bertz CT molecular complexity index is 339. The van der Waals surface area contributed by atoms with Crippen LogP contribution < -0.4 is 0 Å². The first-order chi connectivity index (χ1) is 9.35. The van der Waals surface area contributed by atoms with E-state index >= 15 is 0 Å². The number of aldehydes is 1. The van der Waals surface area contributed by atoms with Gasteiger partial charge in [-0.15, -0.1) is 0 Å². The van der Waals surface area contributed by atoms with Gasteiger partial charge in [-0.2, -0.15) is 0 Å². The summed E-state index contributed by atoms with van der Waals surface area (Å²) in [7, 11) is 0. The summed E-state index contributed by atoms with van der Waals surface area (Å²) < 4.78 is 5.29. The van der Waals surface area contributed by atoms with E-state index in [0.29, 0.717) is 6.54 Å². The second-order valence-electron chi connectivity index (χ2n) is 5.33. The molecule has 1 heterocycles. The molecule has 1 saturated heterocycles. The van der Waals surface area contributed by atoms with Crippen LogP contribution in [0.3, 0.4) is 0 Å². The fourth-order valence-electron chi connectivity index (χ4n) is 2.62. The summed E-state index contributed by atoms with van der Waals surface area (Å²) in [6.07, 6.45) is 6.05. The Morgan fingerprint density at radius 3 is 2.63 bits per heavy atom. The van der Waals surface area contributed by atoms with E-state index in [2.05, 4.69) is 20.9 Å². The summed E-state index contributed by atoms with van der Waals surface area (Å²) in [5.41, 5.74) is -0.527. The van der Waals surface area contributed by atoms with Crippen molar-refractivity contribution in [3.05, 3.63) is 0 Å². The van der Waals surface area contributed by atoms with Crippen LogP contribution in [0.4, 0.5) is 0 Å². The molecule has 1 saturated carbocycles. The number of carbonyl (C=O) groups excluding carboxylic acids is 1. The van der Waals surface area contributed by atoms with E-state index in [9.17, 15) is 4.79 Å². The lowest BCUT2D eigenvalue weighted by Crippen LogP contribution is -2.37. The third-order valence-corrected chi connectivity index (χ3v) is 3.91. The predicted octanol–water partition coefficient (Wildman–Crippen LogP) is 1.39. The average Bonchev–Trinajstić information content (AvgIpc) is 2.49. The zero-order valence-electron chi connectivity index (χ0n) is 11.5. The molecule has 106 valence electrons. The summed E-state index contributed by atoms with van der Waals surface area (Å²) in [4.78, 5) is 22.0. The quantitative estimate of drug-likeness (QED) is 0.557. The van der Waals surface area contributed by atoms with Gasteiger partial charge in [0.05, 0.1) is 25.8 Å². The summed E-state index contributed by atoms with van der Waals surface area (Å²) in [6.45, 7) is 5.19. The van der Waals surface area contributed by atoms with Crippen LogP contribution in [-0.2, 0) is 9.53 Å². The SMILES string of the molecule is O=CC1(N=C=NCCN2CCOCC2)CCCCC1. The van der Waals surface area contributed by atoms with Gasteiger partial charge in [-0.05, 0) is 12.8 Å². The maximum atomic E-state index is 11.2. The lowest BCUT2D eigenvalue weighted by atomic mass is 9.83. The van der Waals surface area contributed by atoms with Gasteiger partial charge in [-0.3, -0.25) is 4.90 Å². The van der Waals surface area contributed by atoms with Gasteiger partial charge < -0.3 is 9.53 Å². The van der Waals surface area contributed by atoms with E-state index in [-0.39, 0.29) is 0 Å². The van der Waals surface area contributed by atoms with Crippen LogP contribution in [0.25, 0.3) is 0 Å². The Morgan fingerprint density at radius 1 is 1.21 bits per heavy atom. The van der Waals surface area contributed by atoms with Gasteiger partial charge in [-0.1, -0.05) is 19.3 Å². The highest BCUT2D eigenvalue weighted by Crippen LogP contribution is 2.29. The van der Waals surface area contributed by atoms with Crippen molar-refractivity contribution in [2.75, 3.05) is 39.4 Å². The minimum atomic E-state index is -0.527. The number of morpholine rings is 1. The number of aliphatic imine (C=N–C) groups is 2. The number of carbonyl (C=O) groups is 1. The minimum Gasteiger partial charge on any atom is -0.379 e. The number of rotatable bonds is 5. The van der Waals surface area contributed by atoms with Gasteiger partial charge in [0.15, 0.2) is 0 Å². The molecular formula is C14H23N3O2. The molecule has 0 aromatic rings. The molecule has 5 heteroatoms. The van der Waals surface area contributed by atoms with Crippen LogP contribution in [0.15, 0.2) is 9.98 Å². The van der Waals surface area contributed by atoms with Gasteiger partial charge in [0.25, 0.3) is 0 Å². The molecule has 0 aromatic heterocycles. The molecule has 0 unspecified atom stereocenters. The first-order valence-electron chi connectivity index (χ1n) is 7.24. The molecule has 1 aliphatic heterocycles. The summed E-state index contributed by atoms with van der Waals surface area (Å²) in [6, 6.07) is 2.75. The number of hydrogen-bond donors (Lipinski definition) is 0. The predicted molar refractivity (Wildman–Crippen MR) is 73.9 cm³/mol. The number of nitrogens with zero attached hydrogens (tertiary/aromatic N) is 3. The summed E-state index contributed by atoms with van der Waals surface area (Å²) >= 11 is 0. The van der Waals surface area contributed by atoms with Gasteiger partial charge in [-0.25, -0.2) is 9.98 Å². The molecular weight excluding hydrogens is 242 g/mol. The lowest BCUT2D eigenvalue weighted by Gasteiger charge is -2.26. The maximum Gasteiger partial charge on any atom is 0.148 e. The first kappa shape index (κ1) is 14.4. The second kappa shape index (κ2) is 7.53. The van der Waals surface area contributed by atoms with Gasteiger partial charge >= 0.3 is 0 Å². The molecule has 0 aromatic carbocycles. The van der Waals surface area contributed by atoms with Crippen molar-refractivity contribution in [3.8, 4) is 0 Å². The molecule has 19 heavy (non-hydrogen) atoms. The topological polar surface area (TPSA) is 54.3 Å². The normalized spacial score (nSPS) is 23.4. The fourth-order valence-corrected chi connectivity index (χ4v) is 2.62. The Hall–Kier alpha value is -1.03. The zero-order chi connectivity index (χ0) is 13.4. The van der Waals surface area contributed by atoms with Crippen LogP contribution in [0, 0.1) is 0 Å². The molecule has 1 aliphatic carbocycles. The Morgan fingerprint density at radius 2 is 1.95 bits per heavy atom. The Labute approximate surface area is 114 Å². The van der Waals surface area contributed by atoms with E-state index in [1.54, 1.807) is 0 Å². The molecule has 0 amide bonds. The maximum absolute atomic E-state index is 11.2. The molecule has 5 nitrogen and oxygen atoms in total. The van der Waals surface area contributed by atoms with Crippen LogP contribution in [0.2, 0.25) is 0 Å². The second-order valence-corrected chi connectivity index (χ2v) is 5.33. The highest BCUT2D eigenvalue weighted by Gasteiger charge is 2.30. The largest absolute Gasteiger partial charge is 0.379 e. The van der Waals surface area contributed by atoms with Crippen LogP contribution in [0.5, 0.6) is 0 Å². The van der Waals surface area contributed by atoms with Crippen molar-refractivity contribution in [2.45, 2.75) is 37.6 Å². The van der Waals surface area contributed by atoms with Gasteiger partial charge in [0.2, 0.25) is 0 Å². The zero-order valence-corrected chi connectivity index (χ0v) is 11.5. The van der Waals surface area contributed by atoms with E-state index < -0.39 is 5.54 Å². The van der Waals surface area contributed by atoms with Crippen LogP contribution >= 0.6 is 0 Å². The molecule has 0 bridgehead atoms. The van der Waals surface area contributed by atoms with E-state index in [4.69, 9.17) is 4.74 Å².